The van der Waals surface area contributed by atoms with Gasteiger partial charge in [-0.25, -0.2) is 0 Å². The summed E-state index contributed by atoms with van der Waals surface area (Å²) in [4.78, 5) is 19.7. The molecule has 0 rings (SSSR count). The Morgan fingerprint density at radius 2 is 1.00 bits per heavy atom. The number of carboxylic acids is 2. The molecule has 0 aliphatic rings. The van der Waals surface area contributed by atoms with E-state index in [4.69, 9.17) is 0 Å². The molecular formula is C22H42O4SSi. The number of carbonyl (C=O) groups excluding carboxylic acids is 2. The second-order valence-electron chi connectivity index (χ2n) is 7.14. The van der Waals surface area contributed by atoms with E-state index in [-0.39, 0.29) is 12.8 Å². The summed E-state index contributed by atoms with van der Waals surface area (Å²) in [6, 6.07) is 3.03. The molecule has 0 heterocycles. The van der Waals surface area contributed by atoms with Gasteiger partial charge in [-0.1, -0.05) is 65.2 Å². The Balaban J connectivity index is 0. The molecule has 0 N–H and O–H groups in total. The molecule has 0 saturated heterocycles. The Bertz CT molecular complexity index is 310. The molecule has 0 saturated carbocycles. The zero-order valence-corrected chi connectivity index (χ0v) is 20.1. The number of hydrogen-bond acceptors (Lipinski definition) is 5. The minimum Gasteiger partial charge on any atom is -0.550 e. The van der Waals surface area contributed by atoms with Crippen molar-refractivity contribution in [2.75, 3.05) is 11.5 Å². The fraction of sp³-hybridized carbons (Fsp3) is 0.909. The summed E-state index contributed by atoms with van der Waals surface area (Å²) in [7, 11) is 1.26. The summed E-state index contributed by atoms with van der Waals surface area (Å²) in [5, 5.41) is 19.7. The van der Waals surface area contributed by atoms with Crippen molar-refractivity contribution in [1.82, 2.24) is 0 Å². The summed E-state index contributed by atoms with van der Waals surface area (Å²) in [5.74, 6) is -1.41. The van der Waals surface area contributed by atoms with Gasteiger partial charge in [0.25, 0.3) is 0 Å². The molecular weight excluding hydrogens is 388 g/mol. The Kier molecular flexibility index (Phi) is 28.1. The predicted octanol–water partition coefficient (Wildman–Crippen LogP) is 4.25. The van der Waals surface area contributed by atoms with E-state index >= 15 is 0 Å². The molecule has 164 valence electrons. The van der Waals surface area contributed by atoms with Crippen molar-refractivity contribution < 1.29 is 19.8 Å². The van der Waals surface area contributed by atoms with Gasteiger partial charge < -0.3 is 19.8 Å². The van der Waals surface area contributed by atoms with E-state index in [0.717, 1.165) is 0 Å². The third-order valence-electron chi connectivity index (χ3n) is 4.32. The number of thioether (sulfide) groups is 1. The van der Waals surface area contributed by atoms with E-state index < -0.39 is 11.9 Å². The molecule has 0 aromatic carbocycles. The van der Waals surface area contributed by atoms with Crippen LogP contribution < -0.4 is 10.2 Å². The summed E-state index contributed by atoms with van der Waals surface area (Å²) in [6.07, 6.45) is 17.5. The minimum absolute atomic E-state index is 0.0300. The fourth-order valence-electron chi connectivity index (χ4n) is 2.60. The molecule has 0 aromatic rings. The predicted molar refractivity (Wildman–Crippen MR) is 119 cm³/mol. The van der Waals surface area contributed by atoms with Crippen LogP contribution in [-0.2, 0) is 9.59 Å². The van der Waals surface area contributed by atoms with Crippen LogP contribution in [0.25, 0.3) is 0 Å². The van der Waals surface area contributed by atoms with E-state index in [1.165, 1.54) is 110 Å². The maximum absolute atomic E-state index is 9.84. The molecule has 0 aliphatic carbocycles. The van der Waals surface area contributed by atoms with Crippen molar-refractivity contribution in [3.05, 3.63) is 0 Å². The molecule has 0 aromatic heterocycles. The Hall–Kier alpha value is -0.493. The summed E-state index contributed by atoms with van der Waals surface area (Å²) >= 11 is 1.27. The van der Waals surface area contributed by atoms with Crippen molar-refractivity contribution in [2.24, 2.45) is 0 Å². The Morgan fingerprint density at radius 3 is 1.36 bits per heavy atom. The highest BCUT2D eigenvalue weighted by molar-refractivity contribution is 7.99. The lowest BCUT2D eigenvalue weighted by Gasteiger charge is -2.02. The van der Waals surface area contributed by atoms with Crippen LogP contribution in [0.15, 0.2) is 0 Å². The van der Waals surface area contributed by atoms with Crippen molar-refractivity contribution in [3.8, 4) is 0 Å². The van der Waals surface area contributed by atoms with Gasteiger partial charge in [-0.05, 0) is 37.2 Å². The van der Waals surface area contributed by atoms with Crippen LogP contribution in [0.5, 0.6) is 0 Å². The normalized spacial score (nSPS) is 10.1. The van der Waals surface area contributed by atoms with E-state index in [2.05, 4.69) is 13.8 Å². The van der Waals surface area contributed by atoms with Gasteiger partial charge in [0, 0.05) is 24.8 Å². The highest BCUT2D eigenvalue weighted by Gasteiger charge is 2.29. The zero-order chi connectivity index (χ0) is 21.3. The first-order valence-corrected chi connectivity index (χ1v) is 13.8. The van der Waals surface area contributed by atoms with Crippen LogP contribution in [0.2, 0.25) is 12.1 Å². The van der Waals surface area contributed by atoms with Crippen LogP contribution in [0, 0.1) is 0 Å². The number of rotatable bonds is 20. The van der Waals surface area contributed by atoms with Crippen molar-refractivity contribution in [2.45, 2.75) is 116 Å². The summed E-state index contributed by atoms with van der Waals surface area (Å²) in [6.45, 7) is 4.59. The van der Waals surface area contributed by atoms with Crippen molar-refractivity contribution in [1.29, 1.82) is 0 Å². The molecule has 0 amide bonds. The molecule has 28 heavy (non-hydrogen) atoms. The number of aliphatic carboxylic acids is 2. The highest BCUT2D eigenvalue weighted by atomic mass is 32.2. The number of carbonyl (C=O) groups is 2. The van der Waals surface area contributed by atoms with Gasteiger partial charge in [-0.2, -0.15) is 11.8 Å². The largest absolute Gasteiger partial charge is 0.903 e. The summed E-state index contributed by atoms with van der Waals surface area (Å²) < 4.78 is 0. The van der Waals surface area contributed by atoms with Gasteiger partial charge in [-0.15, -0.1) is 0 Å². The molecule has 0 spiro atoms. The first kappa shape index (κ1) is 29.7. The maximum atomic E-state index is 9.84. The maximum Gasteiger partial charge on any atom is 0.903 e. The SMILES string of the molecule is CCCCCCCC[Si+2]CCCCCCCC.O=C([O-])CCSCCC(=O)[O-]. The second-order valence-corrected chi connectivity index (χ2v) is 9.87. The molecule has 0 atom stereocenters. The number of carboxylic acid groups (broad SMARTS) is 2. The van der Waals surface area contributed by atoms with Crippen LogP contribution >= 0.6 is 11.8 Å². The quantitative estimate of drug-likeness (QED) is 0.213. The molecule has 6 heteroatoms. The zero-order valence-electron chi connectivity index (χ0n) is 18.3. The van der Waals surface area contributed by atoms with Crippen LogP contribution in [0.1, 0.15) is 104 Å². The Labute approximate surface area is 180 Å². The van der Waals surface area contributed by atoms with E-state index in [0.29, 0.717) is 11.5 Å². The molecule has 0 unspecified atom stereocenters. The van der Waals surface area contributed by atoms with Gasteiger partial charge in [0.1, 0.15) is 0 Å². The first-order valence-electron chi connectivity index (χ1n) is 11.2. The van der Waals surface area contributed by atoms with E-state index in [1.807, 2.05) is 0 Å². The third kappa shape index (κ3) is 33.1. The Morgan fingerprint density at radius 1 is 0.643 bits per heavy atom. The number of unbranched alkanes of at least 4 members (excludes halogenated alkanes) is 10. The first-order chi connectivity index (χ1) is 13.5. The van der Waals surface area contributed by atoms with Gasteiger partial charge in [-0.3, -0.25) is 0 Å². The molecule has 0 aliphatic heterocycles. The van der Waals surface area contributed by atoms with Crippen molar-refractivity contribution in [3.63, 3.8) is 0 Å². The minimum atomic E-state index is -1.11. The van der Waals surface area contributed by atoms with Gasteiger partial charge in [0.2, 0.25) is 12.1 Å². The monoisotopic (exact) mass is 430 g/mol. The topological polar surface area (TPSA) is 80.3 Å². The standard InChI is InChI=1S/C16H34Si.C6H10O4S/c1-3-5-7-9-11-13-15-17-16-14-12-10-8-6-4-2;7-5(8)1-3-11-4-2-6(9)10/h3-16H2,1-2H3;1-4H2,(H,7,8)(H,9,10)/q+2;/p-2. The smallest absolute Gasteiger partial charge is 0.550 e. The lowest BCUT2D eigenvalue weighted by atomic mass is 10.1. The summed E-state index contributed by atoms with van der Waals surface area (Å²) in [5.41, 5.74) is 0. The van der Waals surface area contributed by atoms with E-state index in [1.54, 1.807) is 0 Å². The molecule has 0 bridgehead atoms. The average molecular weight is 431 g/mol. The highest BCUT2D eigenvalue weighted by Crippen LogP contribution is 2.10. The van der Waals surface area contributed by atoms with Crippen molar-refractivity contribution >= 4 is 33.2 Å². The van der Waals surface area contributed by atoms with Gasteiger partial charge in [0.05, 0.1) is 0 Å². The number of hydrogen-bond donors (Lipinski definition) is 0. The molecule has 4 nitrogen and oxygen atoms in total. The third-order valence-corrected chi connectivity index (χ3v) is 6.72. The van der Waals surface area contributed by atoms with Crippen LogP contribution in [0.4, 0.5) is 0 Å². The lowest BCUT2D eigenvalue weighted by Crippen LogP contribution is -2.23. The van der Waals surface area contributed by atoms with Crippen LogP contribution in [0.3, 0.4) is 0 Å². The van der Waals surface area contributed by atoms with E-state index in [9.17, 15) is 19.8 Å². The average Bonchev–Trinajstić information content (AvgIpc) is 2.65. The van der Waals surface area contributed by atoms with Gasteiger partial charge >= 0.3 is 9.52 Å². The second kappa shape index (κ2) is 26.5. The van der Waals surface area contributed by atoms with Gasteiger partial charge in [0.15, 0.2) is 0 Å². The fourth-order valence-corrected chi connectivity index (χ4v) is 4.67. The lowest BCUT2D eigenvalue weighted by molar-refractivity contribution is -0.306. The molecule has 0 fully saturated rings. The van der Waals surface area contributed by atoms with Crippen LogP contribution in [-0.4, -0.2) is 33.0 Å². The molecule has 0 radical (unpaired) electrons.